The smallest absolute Gasteiger partial charge is 0.241 e. The number of hydrogen-bond donors (Lipinski definition) is 0. The summed E-state index contributed by atoms with van der Waals surface area (Å²) in [4.78, 5) is 25.1. The maximum Gasteiger partial charge on any atom is 0.241 e. The number of hydrogen-bond acceptors (Lipinski definition) is 4. The number of likely N-dealkylation sites (tertiary alicyclic amines) is 1. The molecular weight excluding hydrogens is 278 g/mol. The maximum absolute atomic E-state index is 12.1. The van der Waals surface area contributed by atoms with Gasteiger partial charge in [-0.25, -0.2) is 8.42 Å². The summed E-state index contributed by atoms with van der Waals surface area (Å²) in [5, 5.41) is -0.844. The van der Waals surface area contributed by atoms with Crippen LogP contribution >= 0.6 is 0 Å². The Morgan fingerprint density at radius 2 is 2.15 bits per heavy atom. The monoisotopic (exact) mass is 293 g/mol. The van der Waals surface area contributed by atoms with Crippen molar-refractivity contribution in [2.75, 3.05) is 5.75 Å². The van der Waals surface area contributed by atoms with E-state index in [1.807, 2.05) is 6.07 Å². The van der Waals surface area contributed by atoms with Crippen LogP contribution in [0.3, 0.4) is 0 Å². The molecule has 0 spiro atoms. The zero-order chi connectivity index (χ0) is 14.5. The fourth-order valence-corrected chi connectivity index (χ4v) is 5.02. The fraction of sp³-hybridized carbons (Fsp3) is 0.429. The summed E-state index contributed by atoms with van der Waals surface area (Å²) in [5.74, 6) is -0.256. The molecule has 1 amide bonds. The van der Waals surface area contributed by atoms with E-state index in [9.17, 15) is 18.0 Å². The number of benzene rings is 1. The molecule has 5 nitrogen and oxygen atoms in total. The highest BCUT2D eigenvalue weighted by Gasteiger charge is 2.54. The van der Waals surface area contributed by atoms with Gasteiger partial charge in [-0.3, -0.25) is 9.59 Å². The van der Waals surface area contributed by atoms with Crippen molar-refractivity contribution < 1.29 is 18.0 Å². The normalized spacial score (nSPS) is 27.1. The molecule has 2 atom stereocenters. The third-order valence-corrected chi connectivity index (χ3v) is 6.14. The molecule has 0 radical (unpaired) electrons. The number of carbonyl (C=O) groups is 2. The van der Waals surface area contributed by atoms with E-state index >= 15 is 0 Å². The Labute approximate surface area is 117 Å². The lowest BCUT2D eigenvalue weighted by Crippen LogP contribution is -2.44. The lowest BCUT2D eigenvalue weighted by molar-refractivity contribution is -0.129. The Hall–Kier alpha value is -1.69. The Morgan fingerprint density at radius 1 is 1.40 bits per heavy atom. The summed E-state index contributed by atoms with van der Waals surface area (Å²) in [6.45, 7) is 1.87. The zero-order valence-corrected chi connectivity index (χ0v) is 11.9. The topological polar surface area (TPSA) is 71.5 Å². The van der Waals surface area contributed by atoms with Crippen molar-refractivity contribution in [3.8, 4) is 0 Å². The minimum atomic E-state index is -3.23. The van der Waals surface area contributed by atoms with Gasteiger partial charge in [0.25, 0.3) is 0 Å². The SMILES string of the molecule is CC(=O)c1cccc(CN2C(=O)C3CC2CS3(=O)=O)c1. The number of sulfone groups is 1. The van der Waals surface area contributed by atoms with Crippen LogP contribution in [-0.4, -0.2) is 42.1 Å². The van der Waals surface area contributed by atoms with E-state index in [0.29, 0.717) is 18.5 Å². The van der Waals surface area contributed by atoms with Gasteiger partial charge in [-0.15, -0.1) is 0 Å². The predicted molar refractivity (Wildman–Crippen MR) is 73.0 cm³/mol. The largest absolute Gasteiger partial charge is 0.333 e. The van der Waals surface area contributed by atoms with Crippen molar-refractivity contribution in [1.29, 1.82) is 0 Å². The van der Waals surface area contributed by atoms with Crippen LogP contribution in [0.15, 0.2) is 24.3 Å². The summed E-state index contributed by atoms with van der Waals surface area (Å²) in [6, 6.07) is 6.91. The van der Waals surface area contributed by atoms with Crippen LogP contribution < -0.4 is 0 Å². The van der Waals surface area contributed by atoms with Gasteiger partial charge in [0, 0.05) is 18.2 Å². The molecule has 2 bridgehead atoms. The van der Waals surface area contributed by atoms with Crippen LogP contribution in [0.4, 0.5) is 0 Å². The summed E-state index contributed by atoms with van der Waals surface area (Å²) >= 11 is 0. The second-order valence-corrected chi connectivity index (χ2v) is 7.66. The van der Waals surface area contributed by atoms with E-state index in [-0.39, 0.29) is 23.5 Å². The van der Waals surface area contributed by atoms with Gasteiger partial charge >= 0.3 is 0 Å². The first-order chi connectivity index (χ1) is 9.38. The van der Waals surface area contributed by atoms with Crippen LogP contribution in [-0.2, 0) is 21.2 Å². The third kappa shape index (κ3) is 2.04. The second kappa shape index (κ2) is 4.41. The molecule has 0 saturated carbocycles. The summed E-state index contributed by atoms with van der Waals surface area (Å²) in [5.41, 5.74) is 1.46. The van der Waals surface area contributed by atoms with E-state index < -0.39 is 15.1 Å². The summed E-state index contributed by atoms with van der Waals surface area (Å²) in [6.07, 6.45) is 0.410. The van der Waals surface area contributed by atoms with Gasteiger partial charge < -0.3 is 4.90 Å². The first kappa shape index (κ1) is 13.3. The van der Waals surface area contributed by atoms with Crippen molar-refractivity contribution in [1.82, 2.24) is 4.90 Å². The average molecular weight is 293 g/mol. The molecule has 2 aliphatic rings. The summed E-state index contributed by atoms with van der Waals surface area (Å²) in [7, 11) is -3.23. The molecule has 6 heteroatoms. The van der Waals surface area contributed by atoms with Gasteiger partial charge in [0.15, 0.2) is 15.6 Å². The highest BCUT2D eigenvalue weighted by atomic mass is 32.2. The Bertz CT molecular complexity index is 695. The number of Topliss-reactive ketones (excluding diaryl/α,β-unsaturated/α-hetero) is 1. The number of carbonyl (C=O) groups excluding carboxylic acids is 2. The van der Waals surface area contributed by atoms with Crippen molar-refractivity contribution >= 4 is 21.5 Å². The predicted octanol–water partition coefficient (Wildman–Crippen LogP) is 0.787. The van der Waals surface area contributed by atoms with Crippen molar-refractivity contribution in [2.24, 2.45) is 0 Å². The standard InChI is InChI=1S/C14H15NO4S/c1-9(16)11-4-2-3-10(5-11)7-15-12-6-13(14(15)17)20(18,19)8-12/h2-5,12-13H,6-8H2,1H3. The number of amides is 1. The van der Waals surface area contributed by atoms with E-state index in [4.69, 9.17) is 0 Å². The van der Waals surface area contributed by atoms with Gasteiger partial charge in [-0.1, -0.05) is 18.2 Å². The number of ketones is 1. The van der Waals surface area contributed by atoms with Crippen LogP contribution in [0, 0.1) is 0 Å². The van der Waals surface area contributed by atoms with Gasteiger partial charge in [0.05, 0.1) is 5.75 Å². The van der Waals surface area contributed by atoms with Crippen LogP contribution in [0.1, 0.15) is 29.3 Å². The van der Waals surface area contributed by atoms with Gasteiger partial charge in [0.1, 0.15) is 5.25 Å². The molecule has 2 aliphatic heterocycles. The second-order valence-electron chi connectivity index (χ2n) is 5.43. The van der Waals surface area contributed by atoms with Crippen LogP contribution in [0.2, 0.25) is 0 Å². The van der Waals surface area contributed by atoms with Gasteiger partial charge in [0.2, 0.25) is 5.91 Å². The Kier molecular flexibility index (Phi) is 2.93. The zero-order valence-electron chi connectivity index (χ0n) is 11.1. The van der Waals surface area contributed by atoms with E-state index in [0.717, 1.165) is 5.56 Å². The van der Waals surface area contributed by atoms with E-state index in [1.54, 1.807) is 23.1 Å². The van der Waals surface area contributed by atoms with E-state index in [2.05, 4.69) is 0 Å². The van der Waals surface area contributed by atoms with Crippen LogP contribution in [0.5, 0.6) is 0 Å². The molecule has 1 aromatic rings. The van der Waals surface area contributed by atoms with Crippen molar-refractivity contribution in [3.63, 3.8) is 0 Å². The van der Waals surface area contributed by atoms with E-state index in [1.165, 1.54) is 6.92 Å². The van der Waals surface area contributed by atoms with Crippen molar-refractivity contribution in [3.05, 3.63) is 35.4 Å². The Balaban J connectivity index is 1.82. The lowest BCUT2D eigenvalue weighted by atomic mass is 10.1. The molecule has 1 aromatic carbocycles. The highest BCUT2D eigenvalue weighted by Crippen LogP contribution is 2.35. The van der Waals surface area contributed by atoms with Crippen molar-refractivity contribution in [2.45, 2.75) is 31.2 Å². The minimum Gasteiger partial charge on any atom is -0.333 e. The number of fused-ring (bicyclic) bond motifs is 2. The molecule has 2 fully saturated rings. The molecule has 2 unspecified atom stereocenters. The van der Waals surface area contributed by atoms with Crippen LogP contribution in [0.25, 0.3) is 0 Å². The summed E-state index contributed by atoms with van der Waals surface area (Å²) < 4.78 is 23.4. The molecule has 0 aliphatic carbocycles. The molecule has 2 saturated heterocycles. The molecule has 20 heavy (non-hydrogen) atoms. The molecule has 3 rings (SSSR count). The molecule has 2 heterocycles. The molecule has 106 valence electrons. The average Bonchev–Trinajstić information content (AvgIpc) is 2.85. The van der Waals surface area contributed by atoms with Gasteiger partial charge in [-0.2, -0.15) is 0 Å². The lowest BCUT2D eigenvalue weighted by Gasteiger charge is -2.27. The Morgan fingerprint density at radius 3 is 2.75 bits per heavy atom. The highest BCUT2D eigenvalue weighted by molar-refractivity contribution is 7.93. The first-order valence-electron chi connectivity index (χ1n) is 6.50. The third-order valence-electron chi connectivity index (χ3n) is 4.03. The number of nitrogens with zero attached hydrogens (tertiary/aromatic N) is 1. The molecule has 0 aromatic heterocycles. The molecule has 0 N–H and O–H groups in total. The first-order valence-corrected chi connectivity index (χ1v) is 8.22. The molecular formula is C14H15NO4S. The maximum atomic E-state index is 12.1. The van der Waals surface area contributed by atoms with Gasteiger partial charge in [-0.05, 0) is 25.0 Å². The fourth-order valence-electron chi connectivity index (χ4n) is 2.97. The number of rotatable bonds is 3. The quantitative estimate of drug-likeness (QED) is 0.772. The minimum absolute atomic E-state index is 0.0244.